The van der Waals surface area contributed by atoms with E-state index in [4.69, 9.17) is 11.6 Å². The molecule has 1 atom stereocenters. The average molecular weight is 268 g/mol. The van der Waals surface area contributed by atoms with Crippen LogP contribution in [0.4, 0.5) is 4.39 Å². The van der Waals surface area contributed by atoms with E-state index >= 15 is 0 Å². The van der Waals surface area contributed by atoms with Crippen LogP contribution in [0.5, 0.6) is 0 Å². The van der Waals surface area contributed by atoms with Crippen LogP contribution in [0.25, 0.3) is 0 Å². The van der Waals surface area contributed by atoms with Crippen LogP contribution in [0.2, 0.25) is 5.02 Å². The van der Waals surface area contributed by atoms with Gasteiger partial charge in [0.05, 0.1) is 5.02 Å². The molecule has 2 rings (SSSR count). The van der Waals surface area contributed by atoms with Gasteiger partial charge in [0.2, 0.25) is 0 Å². The molecule has 0 aliphatic carbocycles. The number of nitrogens with one attached hydrogen (secondary N) is 2. The molecule has 1 aromatic heterocycles. The molecule has 0 amide bonds. The molecule has 0 aliphatic rings. The van der Waals surface area contributed by atoms with Crippen LogP contribution >= 0.6 is 11.6 Å². The number of benzene rings is 1. The van der Waals surface area contributed by atoms with Crippen molar-refractivity contribution >= 4 is 11.6 Å². The minimum atomic E-state index is -0.392. The Balaban J connectivity index is 2.26. The van der Waals surface area contributed by atoms with Crippen LogP contribution in [0, 0.1) is 5.82 Å². The molecule has 2 N–H and O–H groups in total. The Bertz CT molecular complexity index is 499. The van der Waals surface area contributed by atoms with Gasteiger partial charge in [0.15, 0.2) is 0 Å². The molecule has 0 fully saturated rings. The van der Waals surface area contributed by atoms with Crippen LogP contribution in [-0.2, 0) is 6.42 Å². The predicted molar refractivity (Wildman–Crippen MR) is 70.1 cm³/mol. The van der Waals surface area contributed by atoms with Gasteiger partial charge in [-0.05, 0) is 18.2 Å². The molecule has 2 aromatic rings. The maximum Gasteiger partial charge on any atom is 0.142 e. The Hall–Kier alpha value is -1.39. The highest BCUT2D eigenvalue weighted by atomic mass is 35.5. The van der Waals surface area contributed by atoms with Gasteiger partial charge in [0.25, 0.3) is 0 Å². The maximum absolute atomic E-state index is 13.5. The molecule has 3 nitrogen and oxygen atoms in total. The first-order valence-corrected chi connectivity index (χ1v) is 6.25. The Morgan fingerprint density at radius 2 is 2.33 bits per heavy atom. The van der Waals surface area contributed by atoms with Crippen molar-refractivity contribution in [2.24, 2.45) is 0 Å². The van der Waals surface area contributed by atoms with Crippen molar-refractivity contribution < 1.29 is 4.39 Å². The highest BCUT2D eigenvalue weighted by Gasteiger charge is 2.17. The van der Waals surface area contributed by atoms with Crippen molar-refractivity contribution in [2.45, 2.75) is 19.4 Å². The summed E-state index contributed by atoms with van der Waals surface area (Å²) in [6, 6.07) is 4.82. The minimum absolute atomic E-state index is 0.0515. The SMILES string of the molecule is CCNC(Cc1ncc[nH]1)c1cccc(F)c1Cl. The highest BCUT2D eigenvalue weighted by molar-refractivity contribution is 6.31. The number of halogens is 2. The molecule has 0 bridgehead atoms. The van der Waals surface area contributed by atoms with Crippen molar-refractivity contribution in [3.05, 3.63) is 52.8 Å². The zero-order valence-corrected chi connectivity index (χ0v) is 10.8. The van der Waals surface area contributed by atoms with E-state index in [9.17, 15) is 4.39 Å². The summed E-state index contributed by atoms with van der Waals surface area (Å²) >= 11 is 6.02. The third kappa shape index (κ3) is 2.89. The number of hydrogen-bond donors (Lipinski definition) is 2. The first-order chi connectivity index (χ1) is 8.72. The molecule has 0 spiro atoms. The largest absolute Gasteiger partial charge is 0.349 e. The standard InChI is InChI=1S/C13H15ClFN3/c1-2-16-11(8-12-17-6-7-18-12)9-4-3-5-10(15)13(9)14/h3-7,11,16H,2,8H2,1H3,(H,17,18). The van der Waals surface area contributed by atoms with Gasteiger partial charge in [0, 0.05) is 24.9 Å². The Labute approximate surface area is 110 Å². The van der Waals surface area contributed by atoms with Crippen LogP contribution in [0.3, 0.4) is 0 Å². The van der Waals surface area contributed by atoms with Gasteiger partial charge >= 0.3 is 0 Å². The number of likely N-dealkylation sites (N-methyl/N-ethyl adjacent to an activating group) is 1. The molecule has 5 heteroatoms. The van der Waals surface area contributed by atoms with E-state index in [0.29, 0.717) is 6.42 Å². The summed E-state index contributed by atoms with van der Waals surface area (Å²) in [5, 5.41) is 3.47. The quantitative estimate of drug-likeness (QED) is 0.874. The monoisotopic (exact) mass is 267 g/mol. The first kappa shape index (κ1) is 13.1. The summed E-state index contributed by atoms with van der Waals surface area (Å²) in [6.45, 7) is 2.78. The van der Waals surface area contributed by atoms with Crippen LogP contribution in [-0.4, -0.2) is 16.5 Å². The zero-order chi connectivity index (χ0) is 13.0. The van der Waals surface area contributed by atoms with Crippen LogP contribution in [0.1, 0.15) is 24.4 Å². The molecular weight excluding hydrogens is 253 g/mol. The van der Waals surface area contributed by atoms with E-state index in [1.165, 1.54) is 6.07 Å². The lowest BCUT2D eigenvalue weighted by molar-refractivity contribution is 0.533. The molecule has 1 heterocycles. The fourth-order valence-corrected chi connectivity index (χ4v) is 2.19. The van der Waals surface area contributed by atoms with Crippen molar-refractivity contribution in [1.82, 2.24) is 15.3 Å². The molecule has 1 aromatic carbocycles. The van der Waals surface area contributed by atoms with Gasteiger partial charge in [-0.3, -0.25) is 0 Å². The average Bonchev–Trinajstić information content (AvgIpc) is 2.85. The molecule has 18 heavy (non-hydrogen) atoms. The number of nitrogens with zero attached hydrogens (tertiary/aromatic N) is 1. The Kier molecular flexibility index (Phi) is 4.33. The smallest absolute Gasteiger partial charge is 0.142 e. The van der Waals surface area contributed by atoms with Gasteiger partial charge in [-0.1, -0.05) is 30.7 Å². The number of hydrogen-bond acceptors (Lipinski definition) is 2. The summed E-state index contributed by atoms with van der Waals surface area (Å²) in [5.74, 6) is 0.456. The summed E-state index contributed by atoms with van der Waals surface area (Å²) in [4.78, 5) is 7.23. The second-order valence-corrected chi connectivity index (χ2v) is 4.37. The summed E-state index contributed by atoms with van der Waals surface area (Å²) < 4.78 is 13.5. The van der Waals surface area contributed by atoms with Crippen molar-refractivity contribution in [2.75, 3.05) is 6.54 Å². The third-order valence-electron chi connectivity index (χ3n) is 2.76. The highest BCUT2D eigenvalue weighted by Crippen LogP contribution is 2.27. The molecule has 0 aliphatic heterocycles. The molecule has 96 valence electrons. The zero-order valence-electron chi connectivity index (χ0n) is 10.1. The second-order valence-electron chi connectivity index (χ2n) is 3.99. The van der Waals surface area contributed by atoms with E-state index in [0.717, 1.165) is 17.9 Å². The number of aromatic amines is 1. The number of H-pyrrole nitrogens is 1. The van der Waals surface area contributed by atoms with Crippen LogP contribution < -0.4 is 5.32 Å². The number of imidazole rings is 1. The van der Waals surface area contributed by atoms with E-state index < -0.39 is 5.82 Å². The van der Waals surface area contributed by atoms with Crippen molar-refractivity contribution in [3.63, 3.8) is 0 Å². The molecule has 1 unspecified atom stereocenters. The molecule has 0 saturated carbocycles. The Morgan fingerprint density at radius 1 is 1.50 bits per heavy atom. The third-order valence-corrected chi connectivity index (χ3v) is 3.16. The summed E-state index contributed by atoms with van der Waals surface area (Å²) in [7, 11) is 0. The normalized spacial score (nSPS) is 12.6. The van der Waals surface area contributed by atoms with Gasteiger partial charge in [-0.15, -0.1) is 0 Å². The van der Waals surface area contributed by atoms with E-state index in [1.54, 1.807) is 18.5 Å². The van der Waals surface area contributed by atoms with E-state index in [-0.39, 0.29) is 11.1 Å². The van der Waals surface area contributed by atoms with Gasteiger partial charge in [0.1, 0.15) is 11.6 Å². The molecule has 0 radical (unpaired) electrons. The topological polar surface area (TPSA) is 40.7 Å². The van der Waals surface area contributed by atoms with Crippen LogP contribution in [0.15, 0.2) is 30.6 Å². The van der Waals surface area contributed by atoms with Gasteiger partial charge in [-0.2, -0.15) is 0 Å². The minimum Gasteiger partial charge on any atom is -0.349 e. The summed E-state index contributed by atoms with van der Waals surface area (Å²) in [5.41, 5.74) is 0.759. The van der Waals surface area contributed by atoms with E-state index in [2.05, 4.69) is 15.3 Å². The lowest BCUT2D eigenvalue weighted by Gasteiger charge is -2.18. The number of aromatic nitrogens is 2. The fourth-order valence-electron chi connectivity index (χ4n) is 1.93. The molecule has 0 saturated heterocycles. The second kappa shape index (κ2) is 5.98. The predicted octanol–water partition coefficient (Wildman–Crippen LogP) is 3.10. The lowest BCUT2D eigenvalue weighted by Crippen LogP contribution is -2.24. The molecular formula is C13H15ClFN3. The maximum atomic E-state index is 13.5. The lowest BCUT2D eigenvalue weighted by atomic mass is 10.0. The van der Waals surface area contributed by atoms with Gasteiger partial charge in [-0.25, -0.2) is 9.37 Å². The van der Waals surface area contributed by atoms with E-state index in [1.807, 2.05) is 13.0 Å². The van der Waals surface area contributed by atoms with Gasteiger partial charge < -0.3 is 10.3 Å². The fraction of sp³-hybridized carbons (Fsp3) is 0.308. The Morgan fingerprint density at radius 3 is 3.00 bits per heavy atom. The first-order valence-electron chi connectivity index (χ1n) is 5.88. The van der Waals surface area contributed by atoms with Crippen molar-refractivity contribution in [1.29, 1.82) is 0 Å². The van der Waals surface area contributed by atoms with Crippen molar-refractivity contribution in [3.8, 4) is 0 Å². The number of rotatable bonds is 5. The summed E-state index contributed by atoms with van der Waals surface area (Å²) in [6.07, 6.45) is 4.11.